The topological polar surface area (TPSA) is 418 Å². The number of hydrogen-bond acceptors (Lipinski definition) is 20. The van der Waals surface area contributed by atoms with E-state index in [4.69, 9.17) is 90.6 Å². The van der Waals surface area contributed by atoms with E-state index >= 15 is 0 Å². The van der Waals surface area contributed by atoms with E-state index in [2.05, 4.69) is 16.0 Å². The first-order valence-electron chi connectivity index (χ1n) is 38.6. The Morgan fingerprint density at radius 2 is 0.748 bits per heavy atom. The summed E-state index contributed by atoms with van der Waals surface area (Å²) in [5.41, 5.74) is 7.62. The molecule has 4 fully saturated rings. The number of anilines is 4. The van der Waals surface area contributed by atoms with Crippen molar-refractivity contribution in [1.82, 2.24) is 9.97 Å². The van der Waals surface area contributed by atoms with Gasteiger partial charge in [0.15, 0.2) is 0 Å². The molecular formula is C90H78Cl4FN11O17S4. The van der Waals surface area contributed by atoms with Gasteiger partial charge in [0, 0.05) is 176 Å². The highest BCUT2D eigenvalue weighted by atomic mass is 35.5. The van der Waals surface area contributed by atoms with Gasteiger partial charge in [-0.05, 0) is 196 Å². The van der Waals surface area contributed by atoms with E-state index in [1.165, 1.54) is 67.8 Å². The number of pyridine rings is 2. The molecule has 0 bridgehead atoms. The molecule has 654 valence electrons. The van der Waals surface area contributed by atoms with Crippen molar-refractivity contribution < 1.29 is 80.9 Å². The number of aryl methyl sites for hydroxylation is 2. The summed E-state index contributed by atoms with van der Waals surface area (Å²) in [5.74, 6) is 2.64. The fourth-order valence-corrected chi connectivity index (χ4v) is 17.3. The molecule has 28 nitrogen and oxygen atoms in total. The Hall–Kier alpha value is -12.4. The molecule has 4 aliphatic heterocycles. The van der Waals surface area contributed by atoms with E-state index in [0.29, 0.717) is 127 Å². The number of nitrogens with zero attached hydrogens (tertiary/aromatic N) is 7. The number of rotatable bonds is 21. The van der Waals surface area contributed by atoms with Crippen molar-refractivity contribution in [2.75, 3.05) is 52.9 Å². The maximum atomic E-state index is 13.5. The van der Waals surface area contributed by atoms with Crippen LogP contribution in [0.3, 0.4) is 0 Å². The van der Waals surface area contributed by atoms with Crippen LogP contribution < -0.4 is 63.8 Å². The third kappa shape index (κ3) is 23.1. The van der Waals surface area contributed by atoms with Crippen LogP contribution in [0, 0.1) is 31.0 Å². The minimum Gasteiger partial charge on any atom is -0.497 e. The number of nitriles is 1. The highest BCUT2D eigenvalue weighted by Gasteiger charge is 2.39. The number of nitrogens with two attached hydrogens (primary N) is 4. The summed E-state index contributed by atoms with van der Waals surface area (Å²) in [4.78, 5) is 66.0. The van der Waals surface area contributed by atoms with Gasteiger partial charge >= 0.3 is 0 Å². The Kier molecular flexibility index (Phi) is 28.5. The summed E-state index contributed by atoms with van der Waals surface area (Å²) >= 11 is 24.7. The van der Waals surface area contributed by atoms with Gasteiger partial charge in [0.05, 0.1) is 32.3 Å². The number of halogens is 5. The van der Waals surface area contributed by atoms with Crippen LogP contribution in [0.5, 0.6) is 52.0 Å². The predicted octanol–water partition coefficient (Wildman–Crippen LogP) is 16.6. The predicted molar refractivity (Wildman–Crippen MR) is 478 cm³/mol. The zero-order chi connectivity index (χ0) is 91.0. The van der Waals surface area contributed by atoms with Gasteiger partial charge in [-0.3, -0.25) is 19.2 Å². The number of hydrogen-bond donors (Lipinski definition) is 4. The number of amides is 4. The lowest BCUT2D eigenvalue weighted by Crippen LogP contribution is -2.24. The second-order valence-electron chi connectivity index (χ2n) is 29.6. The number of methoxy groups -OCH3 is 1. The standard InChI is InChI=1S/C24H20ClN3O5S.C22H18ClFN2O4S.2C22H20ClN3O4S/c1-32-19-6-2-15(13-26)22(12-19)33-23-11-17(25)3-9-21(23)16-10-24(29)28(14-16)18-4-7-20(8-5-18)34(27,30)31;23-15-4-9-20(21(11-15)30-18-3-1-2-16(24)12-18)14-10-22(27)26(13-14)17-5-7-19(8-6-17)31(25,28)29;1-14-3-2-10-25-22(14)30-20-12-16(23)4-9-19(20)15-11-21(27)26(13-15)17-5-7-18(8-6-17)31(24,28)29;1-14-3-2-4-21(25-14)30-20-12-16(23)5-10-19(20)15-11-22(27)26(13-15)17-6-8-18(9-7-17)31(24,28)29/h2-9,11-12,16H,10,14H2,1H3,(H2,27,30,31);1-9,11-12,14H,10,13H2,(H2,25,28,29);2*2-10,12,15H,11,13H2,1H3,(H2,24,28,29)/t16-;14-;2*15-/m0000/s1. The van der Waals surface area contributed by atoms with Crippen molar-refractivity contribution in [1.29, 1.82) is 5.26 Å². The van der Waals surface area contributed by atoms with Crippen LogP contribution in [0.15, 0.2) is 268 Å². The minimum atomic E-state index is -3.83. The maximum absolute atomic E-state index is 13.5. The van der Waals surface area contributed by atoms with E-state index in [0.717, 1.165) is 33.5 Å². The number of carbonyl (C=O) groups is 4. The zero-order valence-corrected chi connectivity index (χ0v) is 73.8. The SMILES string of the molecule is COc1ccc(C#N)c(Oc2cc(Cl)ccc2[C@H]2CC(=O)N(c3ccc(S(N)(=O)=O)cc3)C2)c1.Cc1cccc(Oc2cc(Cl)ccc2[C@H]2CC(=O)N(c3ccc(S(N)(=O)=O)cc3)C2)n1.Cc1cccnc1Oc1cc(Cl)ccc1[C@H]1CC(=O)N(c2ccc(S(N)(=O)=O)cc2)C1.NS(=O)(=O)c1ccc(N2C[C@@H](c3ccc(Cl)cc3Oc3cccc(F)c3)CC2=O)cc1. The summed E-state index contributed by atoms with van der Waals surface area (Å²) in [6.07, 6.45) is 2.68. The zero-order valence-electron chi connectivity index (χ0n) is 67.5. The lowest BCUT2D eigenvalue weighted by Gasteiger charge is -2.19. The van der Waals surface area contributed by atoms with E-state index in [-0.39, 0.29) is 92.6 Å². The lowest BCUT2D eigenvalue weighted by molar-refractivity contribution is -0.118. The van der Waals surface area contributed by atoms with Gasteiger partial charge in [-0.25, -0.2) is 68.6 Å². The molecule has 0 saturated carbocycles. The summed E-state index contributed by atoms with van der Waals surface area (Å²) in [7, 11) is -13.7. The Morgan fingerprint density at radius 3 is 1.09 bits per heavy atom. The molecular weight excluding hydrogens is 1800 g/mol. The number of sulfonamides is 4. The Balaban J connectivity index is 0.000000145. The monoisotopic (exact) mass is 1870 g/mol. The fourth-order valence-electron chi connectivity index (χ4n) is 14.6. The molecule has 127 heavy (non-hydrogen) atoms. The van der Waals surface area contributed by atoms with Crippen LogP contribution in [0.4, 0.5) is 27.1 Å². The van der Waals surface area contributed by atoms with Crippen molar-refractivity contribution in [3.63, 3.8) is 0 Å². The molecule has 0 unspecified atom stereocenters. The summed E-state index contributed by atoms with van der Waals surface area (Å²) in [6.45, 7) is 5.35. The van der Waals surface area contributed by atoms with Gasteiger partial charge in [-0.2, -0.15) is 5.26 Å². The van der Waals surface area contributed by atoms with E-state index in [1.807, 2.05) is 50.2 Å². The number of ether oxygens (including phenoxy) is 5. The number of carbonyl (C=O) groups excluding carboxylic acids is 4. The Labute approximate surface area is 751 Å². The fraction of sp³-hybridized carbons (Fsp3) is 0.167. The van der Waals surface area contributed by atoms with Crippen LogP contribution >= 0.6 is 46.4 Å². The Bertz CT molecular complexity index is 6560. The third-order valence-corrected chi connectivity index (χ3v) is 25.5. The van der Waals surface area contributed by atoms with E-state index in [1.54, 1.807) is 171 Å². The quantitative estimate of drug-likeness (QED) is 0.0519. The molecule has 0 spiro atoms. The first kappa shape index (κ1) is 92.3. The van der Waals surface area contributed by atoms with Gasteiger partial charge in [0.25, 0.3) is 0 Å². The molecule has 0 aliphatic carbocycles. The van der Waals surface area contributed by atoms with Crippen LogP contribution in [0.2, 0.25) is 20.1 Å². The molecule has 4 saturated heterocycles. The molecule has 4 atom stereocenters. The Morgan fingerprint density at radius 1 is 0.394 bits per heavy atom. The average Bonchev–Trinajstić information content (AvgIpc) is 1.64. The molecule has 4 amide bonds. The smallest absolute Gasteiger partial charge is 0.238 e. The molecule has 2 aromatic heterocycles. The van der Waals surface area contributed by atoms with Gasteiger partial charge in [-0.15, -0.1) is 0 Å². The molecule has 4 aliphatic rings. The van der Waals surface area contributed by atoms with Crippen LogP contribution in [0.1, 0.15) is 88.4 Å². The van der Waals surface area contributed by atoms with Crippen molar-refractivity contribution >= 4 is 133 Å². The van der Waals surface area contributed by atoms with Crippen molar-refractivity contribution in [3.8, 4) is 58.1 Å². The van der Waals surface area contributed by atoms with Crippen molar-refractivity contribution in [2.24, 2.45) is 20.6 Å². The van der Waals surface area contributed by atoms with Gasteiger partial charge in [0.2, 0.25) is 75.5 Å². The molecule has 0 radical (unpaired) electrons. The van der Waals surface area contributed by atoms with Crippen LogP contribution in [-0.4, -0.2) is 101 Å². The van der Waals surface area contributed by atoms with Gasteiger partial charge in [0.1, 0.15) is 52.1 Å². The second kappa shape index (κ2) is 39.2. The maximum Gasteiger partial charge on any atom is 0.238 e. The first-order chi connectivity index (χ1) is 60.3. The summed E-state index contributed by atoms with van der Waals surface area (Å²) in [5, 5.41) is 32.0. The van der Waals surface area contributed by atoms with Gasteiger partial charge in [-0.1, -0.05) is 88.9 Å². The molecule has 6 heterocycles. The van der Waals surface area contributed by atoms with Crippen molar-refractivity contribution in [2.45, 2.75) is 82.8 Å². The first-order valence-corrected chi connectivity index (χ1v) is 46.3. The van der Waals surface area contributed by atoms with E-state index < -0.39 is 45.9 Å². The molecule has 16 rings (SSSR count). The van der Waals surface area contributed by atoms with E-state index in [9.17, 15) is 62.5 Å². The number of benzene rings is 10. The number of primary sulfonamides is 4. The van der Waals surface area contributed by atoms with Crippen LogP contribution in [-0.2, 0) is 59.3 Å². The lowest BCUT2D eigenvalue weighted by atomic mass is 9.97. The summed E-state index contributed by atoms with van der Waals surface area (Å²) < 4.78 is 135. The largest absolute Gasteiger partial charge is 0.497 e. The average molecular weight is 1870 g/mol. The normalized spacial score (nSPS) is 16.3. The second-order valence-corrected chi connectivity index (χ2v) is 37.6. The molecule has 10 aromatic carbocycles. The summed E-state index contributed by atoms with van der Waals surface area (Å²) in [6, 6.07) is 66.5. The molecule has 37 heteroatoms. The number of aromatic nitrogens is 2. The molecule has 8 N–H and O–H groups in total. The highest BCUT2D eigenvalue weighted by Crippen LogP contribution is 2.46. The van der Waals surface area contributed by atoms with Crippen LogP contribution in [0.25, 0.3) is 0 Å². The minimum absolute atomic E-state index is 0.00133. The highest BCUT2D eigenvalue weighted by molar-refractivity contribution is 7.90. The molecule has 12 aromatic rings. The van der Waals surface area contributed by atoms with Gasteiger partial charge < -0.3 is 43.3 Å². The third-order valence-electron chi connectivity index (χ3n) is 20.9. The van der Waals surface area contributed by atoms with Crippen molar-refractivity contribution in [3.05, 3.63) is 314 Å².